The monoisotopic (exact) mass is 264 g/mol. The normalized spacial score (nSPS) is 9.50. The van der Waals surface area contributed by atoms with Gasteiger partial charge in [0, 0.05) is 29.4 Å². The quantitative estimate of drug-likeness (QED) is 0.614. The molecular formula is C17H16N2O. The van der Waals surface area contributed by atoms with Crippen molar-refractivity contribution >= 4 is 17.3 Å². The number of nitrogen functional groups attached to an aromatic ring is 1. The molecule has 0 atom stereocenters. The molecule has 0 unspecified atom stereocenters. The van der Waals surface area contributed by atoms with Crippen molar-refractivity contribution in [3.05, 3.63) is 59.2 Å². The molecule has 3 heteroatoms. The summed E-state index contributed by atoms with van der Waals surface area (Å²) in [6, 6.07) is 13.2. The van der Waals surface area contributed by atoms with Gasteiger partial charge in [0.05, 0.1) is 0 Å². The van der Waals surface area contributed by atoms with Crippen molar-refractivity contribution in [3.8, 4) is 11.8 Å². The Balaban J connectivity index is 2.18. The maximum Gasteiger partial charge on any atom is 0.221 e. The standard InChI is InChI=1S/C17H16N2O/c1-12-3-7-15(17(18)11-12)8-4-14-5-9-16(10-6-14)19-13(2)20/h3,5-7,9-11H,18H2,1-2H3,(H,19,20). The lowest BCUT2D eigenvalue weighted by atomic mass is 10.1. The van der Waals surface area contributed by atoms with Gasteiger partial charge >= 0.3 is 0 Å². The number of hydrogen-bond acceptors (Lipinski definition) is 2. The number of anilines is 2. The number of nitrogens with two attached hydrogens (primary N) is 1. The molecule has 3 N–H and O–H groups in total. The van der Waals surface area contributed by atoms with E-state index in [9.17, 15) is 4.79 Å². The fraction of sp³-hybridized carbons (Fsp3) is 0.118. The topological polar surface area (TPSA) is 55.1 Å². The first-order valence-corrected chi connectivity index (χ1v) is 6.30. The fourth-order valence-corrected chi connectivity index (χ4v) is 1.78. The third-order valence-electron chi connectivity index (χ3n) is 2.75. The maximum atomic E-state index is 10.9. The predicted molar refractivity (Wildman–Crippen MR) is 82.3 cm³/mol. The van der Waals surface area contributed by atoms with Gasteiger partial charge in [-0.05, 0) is 48.9 Å². The molecule has 1 amide bonds. The highest BCUT2D eigenvalue weighted by Gasteiger charge is 1.96. The van der Waals surface area contributed by atoms with Crippen LogP contribution in [0.5, 0.6) is 0 Å². The van der Waals surface area contributed by atoms with Crippen molar-refractivity contribution < 1.29 is 4.79 Å². The zero-order chi connectivity index (χ0) is 14.5. The third-order valence-corrected chi connectivity index (χ3v) is 2.75. The van der Waals surface area contributed by atoms with Crippen LogP contribution in [0.25, 0.3) is 0 Å². The fourth-order valence-electron chi connectivity index (χ4n) is 1.78. The van der Waals surface area contributed by atoms with Crippen molar-refractivity contribution in [2.75, 3.05) is 11.1 Å². The maximum absolute atomic E-state index is 10.9. The average Bonchev–Trinajstić information content (AvgIpc) is 2.39. The van der Waals surface area contributed by atoms with Gasteiger partial charge in [0.25, 0.3) is 0 Å². The van der Waals surface area contributed by atoms with E-state index in [0.717, 1.165) is 22.4 Å². The van der Waals surface area contributed by atoms with Crippen molar-refractivity contribution in [1.82, 2.24) is 0 Å². The first-order chi connectivity index (χ1) is 9.54. The van der Waals surface area contributed by atoms with Crippen LogP contribution in [0.2, 0.25) is 0 Å². The largest absolute Gasteiger partial charge is 0.398 e. The molecule has 0 saturated heterocycles. The summed E-state index contributed by atoms with van der Waals surface area (Å²) < 4.78 is 0. The molecule has 2 aromatic rings. The Bertz CT molecular complexity index is 691. The van der Waals surface area contributed by atoms with Gasteiger partial charge in [0.15, 0.2) is 0 Å². The summed E-state index contributed by atoms with van der Waals surface area (Å²) in [5.74, 6) is 6.03. The summed E-state index contributed by atoms with van der Waals surface area (Å²) in [5.41, 5.74) is 10.2. The molecule has 0 saturated carbocycles. The van der Waals surface area contributed by atoms with Gasteiger partial charge in [-0.3, -0.25) is 4.79 Å². The number of amides is 1. The van der Waals surface area contributed by atoms with Crippen LogP contribution in [0.4, 0.5) is 11.4 Å². The van der Waals surface area contributed by atoms with Crippen LogP contribution in [0.1, 0.15) is 23.6 Å². The van der Waals surface area contributed by atoms with Gasteiger partial charge in [-0.1, -0.05) is 17.9 Å². The molecule has 0 radical (unpaired) electrons. The molecule has 0 aliphatic heterocycles. The lowest BCUT2D eigenvalue weighted by Crippen LogP contribution is -2.05. The first-order valence-electron chi connectivity index (χ1n) is 6.30. The van der Waals surface area contributed by atoms with Gasteiger partial charge in [0.2, 0.25) is 5.91 Å². The summed E-state index contributed by atoms with van der Waals surface area (Å²) >= 11 is 0. The van der Waals surface area contributed by atoms with Crippen LogP contribution in [0.3, 0.4) is 0 Å². The second-order valence-electron chi connectivity index (χ2n) is 4.60. The number of carbonyl (C=O) groups excluding carboxylic acids is 1. The van der Waals surface area contributed by atoms with Crippen LogP contribution in [-0.4, -0.2) is 5.91 Å². The van der Waals surface area contributed by atoms with Crippen LogP contribution >= 0.6 is 0 Å². The van der Waals surface area contributed by atoms with E-state index in [1.54, 1.807) is 0 Å². The van der Waals surface area contributed by atoms with Crippen LogP contribution in [-0.2, 0) is 4.79 Å². The molecule has 2 rings (SSSR count). The van der Waals surface area contributed by atoms with Crippen LogP contribution < -0.4 is 11.1 Å². The lowest BCUT2D eigenvalue weighted by Gasteiger charge is -2.01. The minimum Gasteiger partial charge on any atom is -0.398 e. The molecule has 3 nitrogen and oxygen atoms in total. The van der Waals surface area contributed by atoms with Crippen molar-refractivity contribution in [3.63, 3.8) is 0 Å². The van der Waals surface area contributed by atoms with Gasteiger partial charge in [0.1, 0.15) is 0 Å². The second-order valence-corrected chi connectivity index (χ2v) is 4.60. The van der Waals surface area contributed by atoms with Crippen molar-refractivity contribution in [1.29, 1.82) is 0 Å². The summed E-state index contributed by atoms with van der Waals surface area (Å²) in [7, 11) is 0. The number of aryl methyl sites for hydroxylation is 1. The number of carbonyl (C=O) groups is 1. The van der Waals surface area contributed by atoms with Crippen LogP contribution in [0, 0.1) is 18.8 Å². The summed E-state index contributed by atoms with van der Waals surface area (Å²) in [4.78, 5) is 10.9. The average molecular weight is 264 g/mol. The van der Waals surface area contributed by atoms with E-state index < -0.39 is 0 Å². The third kappa shape index (κ3) is 3.63. The summed E-state index contributed by atoms with van der Waals surface area (Å²) in [6.45, 7) is 3.47. The number of benzene rings is 2. The SMILES string of the molecule is CC(=O)Nc1ccc(C#Cc2ccc(C)cc2N)cc1. The van der Waals surface area contributed by atoms with E-state index in [1.165, 1.54) is 6.92 Å². The Morgan fingerprint density at radius 1 is 1.10 bits per heavy atom. The Morgan fingerprint density at radius 2 is 1.80 bits per heavy atom. The van der Waals surface area contributed by atoms with Gasteiger partial charge in [-0.25, -0.2) is 0 Å². The minimum atomic E-state index is -0.0868. The van der Waals surface area contributed by atoms with E-state index in [1.807, 2.05) is 49.4 Å². The highest BCUT2D eigenvalue weighted by molar-refractivity contribution is 5.88. The molecule has 100 valence electrons. The zero-order valence-corrected chi connectivity index (χ0v) is 11.5. The molecule has 20 heavy (non-hydrogen) atoms. The van der Waals surface area contributed by atoms with Crippen molar-refractivity contribution in [2.45, 2.75) is 13.8 Å². The minimum absolute atomic E-state index is 0.0868. The highest BCUT2D eigenvalue weighted by atomic mass is 16.1. The molecule has 0 bridgehead atoms. The number of hydrogen-bond donors (Lipinski definition) is 2. The highest BCUT2D eigenvalue weighted by Crippen LogP contribution is 2.13. The van der Waals surface area contributed by atoms with Gasteiger partial charge < -0.3 is 11.1 Å². The van der Waals surface area contributed by atoms with E-state index in [-0.39, 0.29) is 5.91 Å². The van der Waals surface area contributed by atoms with Gasteiger partial charge in [-0.15, -0.1) is 0 Å². The second kappa shape index (κ2) is 5.94. The molecule has 0 aliphatic carbocycles. The predicted octanol–water partition coefficient (Wildman–Crippen LogP) is 2.94. The molecular weight excluding hydrogens is 248 g/mol. The Morgan fingerprint density at radius 3 is 2.40 bits per heavy atom. The lowest BCUT2D eigenvalue weighted by molar-refractivity contribution is -0.114. The molecule has 0 fully saturated rings. The summed E-state index contributed by atoms with van der Waals surface area (Å²) in [6.07, 6.45) is 0. The molecule has 0 spiro atoms. The Labute approximate surface area is 118 Å². The first kappa shape index (κ1) is 13.7. The van der Waals surface area contributed by atoms with Crippen LogP contribution in [0.15, 0.2) is 42.5 Å². The van der Waals surface area contributed by atoms with E-state index in [2.05, 4.69) is 17.2 Å². The number of rotatable bonds is 1. The molecule has 0 heterocycles. The van der Waals surface area contributed by atoms with Gasteiger partial charge in [-0.2, -0.15) is 0 Å². The molecule has 0 aromatic heterocycles. The van der Waals surface area contributed by atoms with E-state index >= 15 is 0 Å². The van der Waals surface area contributed by atoms with Crippen molar-refractivity contribution in [2.24, 2.45) is 0 Å². The molecule has 0 aliphatic rings. The number of nitrogens with one attached hydrogen (secondary N) is 1. The Hall–Kier alpha value is -2.73. The Kier molecular flexibility index (Phi) is 4.07. The smallest absolute Gasteiger partial charge is 0.221 e. The van der Waals surface area contributed by atoms with E-state index in [4.69, 9.17) is 5.73 Å². The summed E-state index contributed by atoms with van der Waals surface area (Å²) in [5, 5.41) is 2.71. The zero-order valence-electron chi connectivity index (χ0n) is 11.5. The van der Waals surface area contributed by atoms with E-state index in [0.29, 0.717) is 5.69 Å². The molecule has 2 aromatic carbocycles.